The molecule has 1 aromatic carbocycles. The first-order chi connectivity index (χ1) is 21.6. The maximum Gasteiger partial charge on any atom is 0.325 e. The van der Waals surface area contributed by atoms with E-state index in [0.29, 0.717) is 18.4 Å². The lowest BCUT2D eigenvalue weighted by Crippen LogP contribution is -2.64. The van der Waals surface area contributed by atoms with Crippen molar-refractivity contribution in [3.05, 3.63) is 65.0 Å². The van der Waals surface area contributed by atoms with E-state index in [1.807, 2.05) is 36.5 Å². The minimum absolute atomic E-state index is 0.0164. The Morgan fingerprint density at radius 1 is 0.957 bits per heavy atom. The maximum atomic E-state index is 14.3. The van der Waals surface area contributed by atoms with Gasteiger partial charge in [0.05, 0.1) is 11.1 Å². The molecule has 248 valence electrons. The van der Waals surface area contributed by atoms with Crippen molar-refractivity contribution in [1.82, 2.24) is 9.78 Å². The number of fused-ring (bicyclic) bond motifs is 8. The molecule has 7 atom stereocenters. The third-order valence-corrected chi connectivity index (χ3v) is 14.7. The molecule has 1 heterocycles. The van der Waals surface area contributed by atoms with E-state index in [9.17, 15) is 14.7 Å². The number of ether oxygens (including phenoxy) is 1. The van der Waals surface area contributed by atoms with Crippen molar-refractivity contribution in [2.24, 2.45) is 44.8 Å². The van der Waals surface area contributed by atoms with E-state index in [0.717, 1.165) is 62.6 Å². The smallest absolute Gasteiger partial charge is 0.325 e. The number of esters is 1. The molecular formula is C40H54N2O4. The first-order valence-electron chi connectivity index (χ1n) is 17.8. The number of carboxylic acid groups (broad SMARTS) is 1. The maximum absolute atomic E-state index is 14.3. The zero-order valence-corrected chi connectivity index (χ0v) is 29.1. The number of allylic oxidation sites excluding steroid dienone is 2. The van der Waals surface area contributed by atoms with Gasteiger partial charge in [0.1, 0.15) is 13.2 Å². The van der Waals surface area contributed by atoms with Gasteiger partial charge in [-0.05, 0) is 108 Å². The van der Waals surface area contributed by atoms with Crippen LogP contribution < -0.4 is 0 Å². The topological polar surface area (TPSA) is 81.4 Å². The summed E-state index contributed by atoms with van der Waals surface area (Å²) in [6, 6.07) is 10.1. The molecule has 7 rings (SSSR count). The summed E-state index contributed by atoms with van der Waals surface area (Å²) in [5.74, 6) is 0.348. The van der Waals surface area contributed by atoms with Crippen LogP contribution in [0.5, 0.6) is 0 Å². The molecule has 0 spiro atoms. The minimum atomic E-state index is -0.852. The van der Waals surface area contributed by atoms with Gasteiger partial charge in [-0.15, -0.1) is 0 Å². The highest BCUT2D eigenvalue weighted by Gasteiger charge is 2.69. The molecule has 2 aromatic rings. The molecule has 5 aliphatic carbocycles. The van der Waals surface area contributed by atoms with Gasteiger partial charge in [0.2, 0.25) is 0 Å². The second-order valence-electron chi connectivity index (χ2n) is 17.9. The molecule has 1 N–H and O–H groups in total. The van der Waals surface area contributed by atoms with Gasteiger partial charge in [0, 0.05) is 11.6 Å². The lowest BCUT2D eigenvalue weighted by Gasteiger charge is -2.70. The number of hydrogen-bond donors (Lipinski definition) is 1. The van der Waals surface area contributed by atoms with Crippen LogP contribution in [0, 0.1) is 44.8 Å². The molecule has 0 bridgehead atoms. The van der Waals surface area contributed by atoms with Crippen molar-refractivity contribution < 1.29 is 19.4 Å². The molecule has 0 aliphatic heterocycles. The first kappa shape index (κ1) is 31.7. The molecule has 6 nitrogen and oxygen atoms in total. The van der Waals surface area contributed by atoms with Crippen LogP contribution in [0.2, 0.25) is 0 Å². The summed E-state index contributed by atoms with van der Waals surface area (Å²) < 4.78 is 7.85. The predicted molar refractivity (Wildman–Crippen MR) is 179 cm³/mol. The Kier molecular flexibility index (Phi) is 7.10. The third kappa shape index (κ3) is 4.44. The van der Waals surface area contributed by atoms with Crippen molar-refractivity contribution in [2.45, 2.75) is 125 Å². The fourth-order valence-electron chi connectivity index (χ4n) is 12.2. The molecule has 0 saturated heterocycles. The summed E-state index contributed by atoms with van der Waals surface area (Å²) in [5.41, 5.74) is 4.73. The van der Waals surface area contributed by atoms with Gasteiger partial charge < -0.3 is 9.84 Å². The van der Waals surface area contributed by atoms with Crippen LogP contribution >= 0.6 is 0 Å². The van der Waals surface area contributed by atoms with Crippen molar-refractivity contribution in [3.63, 3.8) is 0 Å². The van der Waals surface area contributed by atoms with Crippen LogP contribution in [0.15, 0.2) is 48.2 Å². The Balaban J connectivity index is 1.25. The number of carbonyl (C=O) groups excluding carboxylic acids is 1. The zero-order valence-electron chi connectivity index (χ0n) is 29.1. The average Bonchev–Trinajstić information content (AvgIpc) is 3.38. The molecule has 3 fully saturated rings. The van der Waals surface area contributed by atoms with Crippen molar-refractivity contribution in [3.8, 4) is 0 Å². The number of hydrogen-bond acceptors (Lipinski definition) is 4. The van der Waals surface area contributed by atoms with Crippen LogP contribution in [0.3, 0.4) is 0 Å². The number of aliphatic carboxylic acids is 1. The molecule has 5 aliphatic rings. The predicted octanol–water partition coefficient (Wildman–Crippen LogP) is 8.53. The molecule has 0 unspecified atom stereocenters. The standard InChI is InChI=1S/C40H54N2O4/c1-35(2)17-19-40(34(45)46-25-26-11-9-8-10-12-26)20-18-38(6)28(29(40)22-35)13-14-31-37(5)21-27-23-42(24-32(43)44)41-33(27)36(3,4)30(37)15-16-39(31,38)7/h8-13,23,29-31H,14-22,24-25H2,1-7H3,(H,43,44)/t29-,30-,31+,37-,38+,39+,40-/m0/s1. The van der Waals surface area contributed by atoms with Gasteiger partial charge in [-0.3, -0.25) is 14.3 Å². The second kappa shape index (κ2) is 10.3. The van der Waals surface area contributed by atoms with Gasteiger partial charge in [-0.2, -0.15) is 5.10 Å². The summed E-state index contributed by atoms with van der Waals surface area (Å²) in [6.07, 6.45) is 13.8. The number of aromatic nitrogens is 2. The summed E-state index contributed by atoms with van der Waals surface area (Å²) in [6.45, 7) is 17.4. The van der Waals surface area contributed by atoms with Crippen molar-refractivity contribution >= 4 is 11.9 Å². The highest BCUT2D eigenvalue weighted by molar-refractivity contribution is 5.79. The molecular weight excluding hydrogens is 572 g/mol. The SMILES string of the molecule is CC1(C)CC[C@]2(C(=O)OCc3ccccc3)CC[C@]3(C)C(=CC[C@@H]4[C@@]5(C)Cc6cn(CC(=O)O)nc6C(C)(C)[C@@H]5CC[C@]43C)[C@@H]2C1. The van der Waals surface area contributed by atoms with Gasteiger partial charge in [0.25, 0.3) is 0 Å². The minimum Gasteiger partial charge on any atom is -0.480 e. The molecule has 46 heavy (non-hydrogen) atoms. The Labute approximate surface area is 275 Å². The monoisotopic (exact) mass is 626 g/mol. The number of carbonyl (C=O) groups is 2. The fourth-order valence-corrected chi connectivity index (χ4v) is 12.2. The highest BCUT2D eigenvalue weighted by Crippen LogP contribution is 2.75. The number of rotatable bonds is 5. The molecule has 1 aromatic heterocycles. The fraction of sp³-hybridized carbons (Fsp3) is 0.675. The summed E-state index contributed by atoms with van der Waals surface area (Å²) in [7, 11) is 0. The Morgan fingerprint density at radius 3 is 2.39 bits per heavy atom. The van der Waals surface area contributed by atoms with E-state index in [2.05, 4.69) is 54.5 Å². The van der Waals surface area contributed by atoms with Gasteiger partial charge in [-0.25, -0.2) is 0 Å². The molecule has 6 heteroatoms. The van der Waals surface area contributed by atoms with Crippen LogP contribution in [-0.4, -0.2) is 26.8 Å². The Morgan fingerprint density at radius 2 is 1.67 bits per heavy atom. The molecule has 0 amide bonds. The number of carboxylic acids is 1. The second-order valence-corrected chi connectivity index (χ2v) is 17.9. The normalized spacial score (nSPS) is 38.6. The summed E-state index contributed by atoms with van der Waals surface area (Å²) in [4.78, 5) is 25.8. The summed E-state index contributed by atoms with van der Waals surface area (Å²) in [5, 5.41) is 14.4. The molecule has 0 radical (unpaired) electrons. The number of nitrogens with zero attached hydrogens (tertiary/aromatic N) is 2. The lowest BCUT2D eigenvalue weighted by molar-refractivity contribution is -0.182. The number of benzene rings is 1. The van der Waals surface area contributed by atoms with Gasteiger partial charge >= 0.3 is 11.9 Å². The lowest BCUT2D eigenvalue weighted by atomic mass is 9.33. The summed E-state index contributed by atoms with van der Waals surface area (Å²) >= 11 is 0. The van der Waals surface area contributed by atoms with E-state index in [4.69, 9.17) is 9.84 Å². The molecule has 3 saturated carbocycles. The zero-order chi connectivity index (χ0) is 32.9. The Bertz CT molecular complexity index is 1590. The van der Waals surface area contributed by atoms with E-state index in [-0.39, 0.29) is 45.5 Å². The third-order valence-electron chi connectivity index (χ3n) is 14.7. The van der Waals surface area contributed by atoms with Crippen LogP contribution in [0.25, 0.3) is 0 Å². The van der Waals surface area contributed by atoms with Crippen LogP contribution in [-0.2, 0) is 39.3 Å². The Hall–Kier alpha value is -2.89. The van der Waals surface area contributed by atoms with E-state index >= 15 is 0 Å². The van der Waals surface area contributed by atoms with Crippen molar-refractivity contribution in [2.75, 3.05) is 0 Å². The van der Waals surface area contributed by atoms with E-state index in [1.54, 1.807) is 10.3 Å². The first-order valence-corrected chi connectivity index (χ1v) is 17.8. The average molecular weight is 627 g/mol. The van der Waals surface area contributed by atoms with Gasteiger partial charge in [0.15, 0.2) is 0 Å². The van der Waals surface area contributed by atoms with Crippen molar-refractivity contribution in [1.29, 1.82) is 0 Å². The van der Waals surface area contributed by atoms with Gasteiger partial charge in [-0.1, -0.05) is 90.4 Å². The highest BCUT2D eigenvalue weighted by atomic mass is 16.5. The van der Waals surface area contributed by atoms with Crippen LogP contribution in [0.1, 0.15) is 117 Å². The van der Waals surface area contributed by atoms with Crippen LogP contribution in [0.4, 0.5) is 0 Å². The van der Waals surface area contributed by atoms with E-state index in [1.165, 1.54) is 12.0 Å². The largest absolute Gasteiger partial charge is 0.480 e. The quantitative estimate of drug-likeness (QED) is 0.266. The van der Waals surface area contributed by atoms with E-state index < -0.39 is 11.4 Å².